The lowest BCUT2D eigenvalue weighted by molar-refractivity contribution is -0.141. The number of rotatable bonds is 4. The standard InChI is InChI=1S/C8H15NO3/c1-6(4-8(11)12-3)5-9-7(2)10/h6H,4-5H2,1-3H3,(H,9,10)/t6-/m0/s1. The fraction of sp³-hybridized carbons (Fsp3) is 0.750. The summed E-state index contributed by atoms with van der Waals surface area (Å²) in [7, 11) is 1.35. The Morgan fingerprint density at radius 2 is 2.08 bits per heavy atom. The maximum Gasteiger partial charge on any atom is 0.305 e. The van der Waals surface area contributed by atoms with Crippen molar-refractivity contribution in [1.29, 1.82) is 0 Å². The lowest BCUT2D eigenvalue weighted by Crippen LogP contribution is -2.27. The van der Waals surface area contributed by atoms with Gasteiger partial charge in [0.2, 0.25) is 5.91 Å². The first-order valence-corrected chi connectivity index (χ1v) is 3.87. The Balaban J connectivity index is 3.52. The Morgan fingerprint density at radius 3 is 2.50 bits per heavy atom. The predicted molar refractivity (Wildman–Crippen MR) is 44.5 cm³/mol. The highest BCUT2D eigenvalue weighted by Crippen LogP contribution is 2.00. The second kappa shape index (κ2) is 5.57. The summed E-state index contributed by atoms with van der Waals surface area (Å²) in [5.41, 5.74) is 0. The number of nitrogens with one attached hydrogen (secondary N) is 1. The zero-order valence-electron chi connectivity index (χ0n) is 7.72. The maximum absolute atomic E-state index is 10.7. The minimum atomic E-state index is -0.243. The summed E-state index contributed by atoms with van der Waals surface area (Å²) in [5, 5.41) is 2.63. The molecule has 0 unspecified atom stereocenters. The molecule has 0 spiro atoms. The molecule has 0 saturated carbocycles. The molecular weight excluding hydrogens is 158 g/mol. The fourth-order valence-electron chi connectivity index (χ4n) is 0.758. The first kappa shape index (κ1) is 10.9. The van der Waals surface area contributed by atoms with Gasteiger partial charge in [-0.2, -0.15) is 0 Å². The van der Waals surface area contributed by atoms with Crippen molar-refractivity contribution in [3.8, 4) is 0 Å². The largest absolute Gasteiger partial charge is 0.469 e. The second-order valence-corrected chi connectivity index (χ2v) is 2.82. The van der Waals surface area contributed by atoms with Crippen molar-refractivity contribution in [3.63, 3.8) is 0 Å². The number of esters is 1. The monoisotopic (exact) mass is 173 g/mol. The van der Waals surface area contributed by atoms with Gasteiger partial charge in [-0.1, -0.05) is 6.92 Å². The van der Waals surface area contributed by atoms with Crippen LogP contribution in [-0.2, 0) is 14.3 Å². The number of carbonyl (C=O) groups is 2. The number of amides is 1. The molecule has 0 rings (SSSR count). The van der Waals surface area contributed by atoms with Crippen LogP contribution in [0.2, 0.25) is 0 Å². The lowest BCUT2D eigenvalue weighted by Gasteiger charge is -2.09. The molecule has 12 heavy (non-hydrogen) atoms. The molecule has 1 amide bonds. The first-order valence-electron chi connectivity index (χ1n) is 3.87. The van der Waals surface area contributed by atoms with Crippen LogP contribution >= 0.6 is 0 Å². The SMILES string of the molecule is COC(=O)C[C@H](C)CNC(C)=O. The van der Waals surface area contributed by atoms with E-state index >= 15 is 0 Å². The van der Waals surface area contributed by atoms with Crippen molar-refractivity contribution in [2.45, 2.75) is 20.3 Å². The summed E-state index contributed by atoms with van der Waals surface area (Å²) in [5.74, 6) is -0.194. The van der Waals surface area contributed by atoms with E-state index in [2.05, 4.69) is 10.1 Å². The normalized spacial score (nSPS) is 11.9. The first-order chi connectivity index (χ1) is 5.56. The van der Waals surface area contributed by atoms with Crippen LogP contribution in [-0.4, -0.2) is 25.5 Å². The van der Waals surface area contributed by atoms with Gasteiger partial charge in [0.1, 0.15) is 0 Å². The molecule has 0 aromatic rings. The molecule has 0 aliphatic carbocycles. The summed E-state index contributed by atoms with van der Waals surface area (Å²) in [6, 6.07) is 0. The number of hydrogen-bond acceptors (Lipinski definition) is 3. The Bertz CT molecular complexity index is 168. The maximum atomic E-state index is 10.7. The minimum Gasteiger partial charge on any atom is -0.469 e. The third kappa shape index (κ3) is 5.70. The smallest absolute Gasteiger partial charge is 0.305 e. The van der Waals surface area contributed by atoms with Gasteiger partial charge in [0.05, 0.1) is 7.11 Å². The van der Waals surface area contributed by atoms with Gasteiger partial charge in [0, 0.05) is 19.9 Å². The minimum absolute atomic E-state index is 0.0771. The van der Waals surface area contributed by atoms with Gasteiger partial charge in [-0.25, -0.2) is 0 Å². The second-order valence-electron chi connectivity index (χ2n) is 2.82. The average Bonchev–Trinajstić information content (AvgIpc) is 2.00. The molecule has 4 nitrogen and oxygen atoms in total. The summed E-state index contributed by atoms with van der Waals surface area (Å²) in [6.07, 6.45) is 0.344. The molecular formula is C8H15NO3. The molecule has 1 N–H and O–H groups in total. The quantitative estimate of drug-likeness (QED) is 0.623. The topological polar surface area (TPSA) is 55.4 Å². The zero-order chi connectivity index (χ0) is 9.56. The van der Waals surface area contributed by atoms with Gasteiger partial charge in [-0.05, 0) is 5.92 Å². The number of hydrogen-bond donors (Lipinski definition) is 1. The summed E-state index contributed by atoms with van der Waals surface area (Å²) < 4.78 is 4.48. The molecule has 0 radical (unpaired) electrons. The van der Waals surface area contributed by atoms with Gasteiger partial charge >= 0.3 is 5.97 Å². The third-order valence-electron chi connectivity index (χ3n) is 1.44. The van der Waals surface area contributed by atoms with Crippen molar-refractivity contribution in [2.75, 3.05) is 13.7 Å². The van der Waals surface area contributed by atoms with Crippen LogP contribution in [0.3, 0.4) is 0 Å². The van der Waals surface area contributed by atoms with E-state index in [4.69, 9.17) is 0 Å². The van der Waals surface area contributed by atoms with Crippen molar-refractivity contribution in [2.24, 2.45) is 5.92 Å². The Morgan fingerprint density at radius 1 is 1.50 bits per heavy atom. The average molecular weight is 173 g/mol. The van der Waals surface area contributed by atoms with Gasteiger partial charge in [0.15, 0.2) is 0 Å². The van der Waals surface area contributed by atoms with Gasteiger partial charge in [0.25, 0.3) is 0 Å². The van der Waals surface area contributed by atoms with E-state index in [0.29, 0.717) is 13.0 Å². The van der Waals surface area contributed by atoms with E-state index in [1.54, 1.807) is 0 Å². The Kier molecular flexibility index (Phi) is 5.08. The summed E-state index contributed by atoms with van der Waals surface area (Å²) >= 11 is 0. The van der Waals surface area contributed by atoms with Gasteiger partial charge in [-0.15, -0.1) is 0 Å². The molecule has 0 heterocycles. The number of carbonyl (C=O) groups excluding carboxylic acids is 2. The Labute approximate surface area is 72.3 Å². The predicted octanol–water partition coefficient (Wildman–Crippen LogP) is 0.322. The van der Waals surface area contributed by atoms with Crippen LogP contribution in [0, 0.1) is 5.92 Å². The molecule has 0 fully saturated rings. The fourth-order valence-corrected chi connectivity index (χ4v) is 0.758. The Hall–Kier alpha value is -1.06. The van der Waals surface area contributed by atoms with Crippen molar-refractivity contribution in [1.82, 2.24) is 5.32 Å². The van der Waals surface area contributed by atoms with E-state index in [9.17, 15) is 9.59 Å². The van der Waals surface area contributed by atoms with E-state index in [-0.39, 0.29) is 17.8 Å². The lowest BCUT2D eigenvalue weighted by atomic mass is 10.1. The van der Waals surface area contributed by atoms with Crippen molar-refractivity contribution >= 4 is 11.9 Å². The third-order valence-corrected chi connectivity index (χ3v) is 1.44. The van der Waals surface area contributed by atoms with Gasteiger partial charge in [-0.3, -0.25) is 9.59 Å². The van der Waals surface area contributed by atoms with E-state index in [1.165, 1.54) is 14.0 Å². The molecule has 4 heteroatoms. The summed E-state index contributed by atoms with van der Waals surface area (Å²) in [6.45, 7) is 3.85. The van der Waals surface area contributed by atoms with Gasteiger partial charge < -0.3 is 10.1 Å². The van der Waals surface area contributed by atoms with Crippen LogP contribution < -0.4 is 5.32 Å². The van der Waals surface area contributed by atoms with Crippen LogP contribution in [0.1, 0.15) is 20.3 Å². The van der Waals surface area contributed by atoms with Crippen LogP contribution in [0.25, 0.3) is 0 Å². The van der Waals surface area contributed by atoms with Crippen molar-refractivity contribution < 1.29 is 14.3 Å². The van der Waals surface area contributed by atoms with E-state index in [1.807, 2.05) is 6.92 Å². The van der Waals surface area contributed by atoms with Crippen LogP contribution in [0.5, 0.6) is 0 Å². The molecule has 1 atom stereocenters. The highest BCUT2D eigenvalue weighted by atomic mass is 16.5. The molecule has 0 bridgehead atoms. The van der Waals surface area contributed by atoms with E-state index in [0.717, 1.165) is 0 Å². The van der Waals surface area contributed by atoms with Crippen LogP contribution in [0.15, 0.2) is 0 Å². The molecule has 0 saturated heterocycles. The summed E-state index contributed by atoms with van der Waals surface area (Å²) in [4.78, 5) is 21.2. The van der Waals surface area contributed by atoms with E-state index < -0.39 is 0 Å². The number of methoxy groups -OCH3 is 1. The highest BCUT2D eigenvalue weighted by molar-refractivity contribution is 5.73. The molecule has 0 aromatic carbocycles. The number of ether oxygens (including phenoxy) is 1. The molecule has 70 valence electrons. The molecule has 0 aliphatic rings. The molecule has 0 aromatic heterocycles. The van der Waals surface area contributed by atoms with Crippen molar-refractivity contribution in [3.05, 3.63) is 0 Å². The van der Waals surface area contributed by atoms with Crippen LogP contribution in [0.4, 0.5) is 0 Å². The highest BCUT2D eigenvalue weighted by Gasteiger charge is 2.08. The zero-order valence-corrected chi connectivity index (χ0v) is 7.72. The molecule has 0 aliphatic heterocycles.